The number of rotatable bonds is 4. The minimum atomic E-state index is -0.617. The average molecular weight is 305 g/mol. The van der Waals surface area contributed by atoms with Gasteiger partial charge in [-0.3, -0.25) is 9.69 Å². The van der Waals surface area contributed by atoms with Crippen molar-refractivity contribution in [1.29, 1.82) is 5.26 Å². The molecule has 1 unspecified atom stereocenters. The van der Waals surface area contributed by atoms with E-state index in [1.807, 2.05) is 48.5 Å². The van der Waals surface area contributed by atoms with Gasteiger partial charge in [-0.05, 0) is 36.2 Å². The molecule has 0 radical (unpaired) electrons. The third-order valence-electron chi connectivity index (χ3n) is 4.61. The molecular weight excluding hydrogens is 286 g/mol. The molecule has 4 nitrogen and oxygen atoms in total. The van der Waals surface area contributed by atoms with Gasteiger partial charge in [-0.15, -0.1) is 0 Å². The van der Waals surface area contributed by atoms with E-state index in [1.54, 1.807) is 6.07 Å². The maximum atomic E-state index is 12.2. The molecule has 1 atom stereocenters. The second-order valence-corrected chi connectivity index (χ2v) is 6.09. The summed E-state index contributed by atoms with van der Waals surface area (Å²) >= 11 is 0. The van der Waals surface area contributed by atoms with E-state index in [-0.39, 0.29) is 5.91 Å². The zero-order valence-corrected chi connectivity index (χ0v) is 12.9. The van der Waals surface area contributed by atoms with Gasteiger partial charge in [0.1, 0.15) is 0 Å². The van der Waals surface area contributed by atoms with E-state index in [0.29, 0.717) is 12.1 Å². The molecule has 1 aliphatic heterocycles. The highest BCUT2D eigenvalue weighted by Gasteiger charge is 2.44. The number of primary amides is 1. The summed E-state index contributed by atoms with van der Waals surface area (Å²) in [6, 6.07) is 19.5. The van der Waals surface area contributed by atoms with Crippen LogP contribution in [0.25, 0.3) is 0 Å². The Labute approximate surface area is 136 Å². The summed E-state index contributed by atoms with van der Waals surface area (Å²) in [4.78, 5) is 14.4. The van der Waals surface area contributed by atoms with Gasteiger partial charge in [0, 0.05) is 13.1 Å². The lowest BCUT2D eigenvalue weighted by Crippen LogP contribution is -2.43. The number of nitrogens with two attached hydrogens (primary N) is 1. The van der Waals surface area contributed by atoms with E-state index < -0.39 is 5.41 Å². The van der Waals surface area contributed by atoms with Crippen molar-refractivity contribution in [2.45, 2.75) is 18.4 Å². The zero-order chi connectivity index (χ0) is 16.3. The highest BCUT2D eigenvalue weighted by Crippen LogP contribution is 2.35. The summed E-state index contributed by atoms with van der Waals surface area (Å²) in [6.07, 6.45) is 0.726. The van der Waals surface area contributed by atoms with Crippen LogP contribution in [-0.2, 0) is 16.8 Å². The van der Waals surface area contributed by atoms with Gasteiger partial charge in [-0.25, -0.2) is 0 Å². The minimum Gasteiger partial charge on any atom is -0.369 e. The third-order valence-corrected chi connectivity index (χ3v) is 4.61. The Kier molecular flexibility index (Phi) is 4.14. The molecule has 1 fully saturated rings. The quantitative estimate of drug-likeness (QED) is 0.941. The number of likely N-dealkylation sites (tertiary alicyclic amines) is 1. The molecule has 1 aliphatic rings. The number of hydrogen-bond acceptors (Lipinski definition) is 3. The Balaban J connectivity index is 1.81. The summed E-state index contributed by atoms with van der Waals surface area (Å²) in [5.74, 6) is -0.267. The summed E-state index contributed by atoms with van der Waals surface area (Å²) in [7, 11) is 0. The van der Waals surface area contributed by atoms with Crippen molar-refractivity contribution in [2.24, 2.45) is 5.73 Å². The van der Waals surface area contributed by atoms with Crippen molar-refractivity contribution in [2.75, 3.05) is 13.1 Å². The number of nitriles is 1. The molecule has 4 heteroatoms. The van der Waals surface area contributed by atoms with Gasteiger partial charge >= 0.3 is 0 Å². The van der Waals surface area contributed by atoms with Crippen LogP contribution in [0, 0.1) is 11.3 Å². The van der Waals surface area contributed by atoms with Gasteiger partial charge in [0.2, 0.25) is 5.91 Å². The van der Waals surface area contributed by atoms with Crippen LogP contribution in [-0.4, -0.2) is 23.9 Å². The smallest absolute Gasteiger partial charge is 0.229 e. The first-order valence-electron chi connectivity index (χ1n) is 7.71. The van der Waals surface area contributed by atoms with Crippen molar-refractivity contribution in [1.82, 2.24) is 4.90 Å². The van der Waals surface area contributed by atoms with Crippen molar-refractivity contribution < 1.29 is 4.79 Å². The van der Waals surface area contributed by atoms with Crippen molar-refractivity contribution in [3.05, 3.63) is 71.3 Å². The molecule has 0 spiro atoms. The van der Waals surface area contributed by atoms with Gasteiger partial charge in [-0.2, -0.15) is 5.26 Å². The standard InChI is InChI=1S/C19H19N3O/c20-12-15-5-4-6-16(11-15)13-22-10-9-19(14-22,18(21)23)17-7-2-1-3-8-17/h1-8,11H,9-10,13-14H2,(H2,21,23). The molecule has 1 saturated heterocycles. The van der Waals surface area contributed by atoms with Crippen LogP contribution in [0.3, 0.4) is 0 Å². The summed E-state index contributed by atoms with van der Waals surface area (Å²) in [5, 5.41) is 9.00. The summed E-state index contributed by atoms with van der Waals surface area (Å²) in [6.45, 7) is 2.15. The molecule has 2 N–H and O–H groups in total. The second kappa shape index (κ2) is 6.23. The lowest BCUT2D eigenvalue weighted by atomic mass is 9.79. The van der Waals surface area contributed by atoms with Crippen molar-refractivity contribution >= 4 is 5.91 Å². The summed E-state index contributed by atoms with van der Waals surface area (Å²) in [5.41, 5.74) is 7.87. The highest BCUT2D eigenvalue weighted by molar-refractivity contribution is 5.87. The average Bonchev–Trinajstić information content (AvgIpc) is 3.01. The fourth-order valence-corrected chi connectivity index (χ4v) is 3.36. The zero-order valence-electron chi connectivity index (χ0n) is 12.9. The van der Waals surface area contributed by atoms with Crippen LogP contribution in [0.4, 0.5) is 0 Å². The Morgan fingerprint density at radius 1 is 1.22 bits per heavy atom. The van der Waals surface area contributed by atoms with E-state index in [4.69, 9.17) is 11.0 Å². The molecule has 0 aromatic heterocycles. The topological polar surface area (TPSA) is 70.1 Å². The number of carbonyl (C=O) groups is 1. The molecule has 2 aromatic rings. The second-order valence-electron chi connectivity index (χ2n) is 6.09. The van der Waals surface area contributed by atoms with Gasteiger partial charge in [0.15, 0.2) is 0 Å². The van der Waals surface area contributed by atoms with Crippen molar-refractivity contribution in [3.8, 4) is 6.07 Å². The fourth-order valence-electron chi connectivity index (χ4n) is 3.36. The largest absolute Gasteiger partial charge is 0.369 e. The highest BCUT2D eigenvalue weighted by atomic mass is 16.1. The van der Waals surface area contributed by atoms with E-state index in [1.165, 1.54) is 0 Å². The molecule has 1 heterocycles. The molecule has 0 bridgehead atoms. The van der Waals surface area contributed by atoms with Gasteiger partial charge in [0.05, 0.1) is 17.0 Å². The molecule has 0 saturated carbocycles. The third kappa shape index (κ3) is 2.96. The maximum Gasteiger partial charge on any atom is 0.229 e. The Bertz CT molecular complexity index is 751. The fraction of sp³-hybridized carbons (Fsp3) is 0.263. The van der Waals surface area contributed by atoms with Crippen LogP contribution >= 0.6 is 0 Å². The predicted octanol–water partition coefficient (Wildman–Crippen LogP) is 2.19. The number of benzene rings is 2. The van der Waals surface area contributed by atoms with E-state index in [0.717, 1.165) is 30.6 Å². The Morgan fingerprint density at radius 2 is 2.00 bits per heavy atom. The molecule has 2 aromatic carbocycles. The first-order chi connectivity index (χ1) is 11.1. The Hall–Kier alpha value is -2.64. The molecule has 3 rings (SSSR count). The van der Waals surface area contributed by atoms with E-state index >= 15 is 0 Å². The van der Waals surface area contributed by atoms with Gasteiger partial charge in [-0.1, -0.05) is 42.5 Å². The first kappa shape index (κ1) is 15.3. The van der Waals surface area contributed by atoms with Gasteiger partial charge in [0.25, 0.3) is 0 Å². The molecule has 0 aliphatic carbocycles. The van der Waals surface area contributed by atoms with Gasteiger partial charge < -0.3 is 5.73 Å². The maximum absolute atomic E-state index is 12.2. The lowest BCUT2D eigenvalue weighted by molar-refractivity contribution is -0.123. The van der Waals surface area contributed by atoms with Crippen LogP contribution in [0.1, 0.15) is 23.1 Å². The van der Waals surface area contributed by atoms with Crippen LogP contribution in [0.2, 0.25) is 0 Å². The molecular formula is C19H19N3O. The predicted molar refractivity (Wildman–Crippen MR) is 88.4 cm³/mol. The summed E-state index contributed by atoms with van der Waals surface area (Å²) < 4.78 is 0. The molecule has 116 valence electrons. The van der Waals surface area contributed by atoms with Crippen LogP contribution < -0.4 is 5.73 Å². The molecule has 1 amide bonds. The monoisotopic (exact) mass is 305 g/mol. The number of hydrogen-bond donors (Lipinski definition) is 1. The molecule has 23 heavy (non-hydrogen) atoms. The number of carbonyl (C=O) groups excluding carboxylic acids is 1. The number of nitrogens with zero attached hydrogens (tertiary/aromatic N) is 2. The first-order valence-corrected chi connectivity index (χ1v) is 7.71. The lowest BCUT2D eigenvalue weighted by Gasteiger charge is -2.26. The van der Waals surface area contributed by atoms with Crippen LogP contribution in [0.15, 0.2) is 54.6 Å². The number of amides is 1. The minimum absolute atomic E-state index is 0.267. The van der Waals surface area contributed by atoms with Crippen molar-refractivity contribution in [3.63, 3.8) is 0 Å². The normalized spacial score (nSPS) is 21.0. The van der Waals surface area contributed by atoms with Crippen LogP contribution in [0.5, 0.6) is 0 Å². The SMILES string of the molecule is N#Cc1cccc(CN2CCC(C(N)=O)(c3ccccc3)C2)c1. The van der Waals surface area contributed by atoms with E-state index in [9.17, 15) is 4.79 Å². The Morgan fingerprint density at radius 3 is 2.70 bits per heavy atom. The van der Waals surface area contributed by atoms with E-state index in [2.05, 4.69) is 11.0 Å².